The van der Waals surface area contributed by atoms with Crippen LogP contribution in [0.2, 0.25) is 0 Å². The van der Waals surface area contributed by atoms with Crippen molar-refractivity contribution >= 4 is 11.9 Å². The third-order valence-electron chi connectivity index (χ3n) is 4.32. The van der Waals surface area contributed by atoms with Gasteiger partial charge in [-0.1, -0.05) is 6.92 Å². The Labute approximate surface area is 128 Å². The van der Waals surface area contributed by atoms with Crippen LogP contribution in [0.25, 0.3) is 0 Å². The number of carbonyl (C=O) groups excluding carboxylic acids is 1. The van der Waals surface area contributed by atoms with Gasteiger partial charge in [-0.05, 0) is 52.5 Å². The Bertz CT molecular complexity index is 344. The van der Waals surface area contributed by atoms with Gasteiger partial charge in [0.1, 0.15) is 0 Å². The molecule has 0 spiro atoms. The van der Waals surface area contributed by atoms with Crippen molar-refractivity contribution in [3.05, 3.63) is 0 Å². The standard InChI is InChI=1S/C16H30N2O3/c1-4-14-8-5-6-11-18(14)15(19)12-17(13(2)3)10-7-9-16(20)21/h13-14H,4-12H2,1-3H3,(H,20,21). The molecule has 5 nitrogen and oxygen atoms in total. The second-order valence-corrected chi connectivity index (χ2v) is 6.21. The zero-order chi connectivity index (χ0) is 15.8. The number of aliphatic carboxylic acids is 1. The van der Waals surface area contributed by atoms with Crippen LogP contribution in [-0.2, 0) is 9.59 Å². The molecular weight excluding hydrogens is 268 g/mol. The molecule has 0 aromatic carbocycles. The first kappa shape index (κ1) is 18.0. The zero-order valence-corrected chi connectivity index (χ0v) is 13.7. The number of piperidine rings is 1. The lowest BCUT2D eigenvalue weighted by molar-refractivity contribution is -0.137. The number of carbonyl (C=O) groups is 2. The number of amides is 1. The van der Waals surface area contributed by atoms with Crippen molar-refractivity contribution < 1.29 is 14.7 Å². The van der Waals surface area contributed by atoms with Crippen LogP contribution in [0.4, 0.5) is 0 Å². The first-order valence-electron chi connectivity index (χ1n) is 8.21. The molecule has 122 valence electrons. The van der Waals surface area contributed by atoms with Crippen LogP contribution in [0, 0.1) is 0 Å². The van der Waals surface area contributed by atoms with E-state index in [0.717, 1.165) is 25.8 Å². The van der Waals surface area contributed by atoms with Crippen molar-refractivity contribution in [1.82, 2.24) is 9.80 Å². The molecule has 0 aromatic heterocycles. The topological polar surface area (TPSA) is 60.9 Å². The van der Waals surface area contributed by atoms with Crippen LogP contribution in [0.3, 0.4) is 0 Å². The Balaban J connectivity index is 2.52. The molecule has 1 atom stereocenters. The molecule has 1 N–H and O–H groups in total. The lowest BCUT2D eigenvalue weighted by Gasteiger charge is -2.37. The number of carboxylic acid groups (broad SMARTS) is 1. The fraction of sp³-hybridized carbons (Fsp3) is 0.875. The summed E-state index contributed by atoms with van der Waals surface area (Å²) < 4.78 is 0. The van der Waals surface area contributed by atoms with Crippen molar-refractivity contribution in [2.45, 2.75) is 71.4 Å². The third-order valence-corrected chi connectivity index (χ3v) is 4.32. The molecule has 1 saturated heterocycles. The van der Waals surface area contributed by atoms with Gasteiger partial charge >= 0.3 is 5.97 Å². The van der Waals surface area contributed by atoms with E-state index in [1.54, 1.807) is 0 Å². The first-order valence-corrected chi connectivity index (χ1v) is 8.21. The highest BCUT2D eigenvalue weighted by Crippen LogP contribution is 2.20. The average Bonchev–Trinajstić information content (AvgIpc) is 2.45. The molecule has 1 amide bonds. The Kier molecular flexibility index (Phi) is 7.72. The fourth-order valence-electron chi connectivity index (χ4n) is 2.97. The van der Waals surface area contributed by atoms with Crippen LogP contribution in [0.1, 0.15) is 59.3 Å². The Morgan fingerprint density at radius 3 is 2.62 bits per heavy atom. The average molecular weight is 298 g/mol. The van der Waals surface area contributed by atoms with Crippen LogP contribution in [-0.4, -0.2) is 58.5 Å². The normalized spacial score (nSPS) is 19.3. The highest BCUT2D eigenvalue weighted by molar-refractivity contribution is 5.78. The maximum atomic E-state index is 12.5. The Hall–Kier alpha value is -1.10. The lowest BCUT2D eigenvalue weighted by Crippen LogP contribution is -2.49. The van der Waals surface area contributed by atoms with Crippen molar-refractivity contribution in [2.24, 2.45) is 0 Å². The van der Waals surface area contributed by atoms with Crippen molar-refractivity contribution in [3.63, 3.8) is 0 Å². The van der Waals surface area contributed by atoms with E-state index in [4.69, 9.17) is 5.11 Å². The van der Waals surface area contributed by atoms with Gasteiger partial charge in [-0.3, -0.25) is 14.5 Å². The second-order valence-electron chi connectivity index (χ2n) is 6.21. The van der Waals surface area contributed by atoms with Crippen LogP contribution < -0.4 is 0 Å². The molecule has 0 bridgehead atoms. The van der Waals surface area contributed by atoms with Crippen molar-refractivity contribution in [3.8, 4) is 0 Å². The minimum atomic E-state index is -0.771. The summed E-state index contributed by atoms with van der Waals surface area (Å²) >= 11 is 0. The number of carboxylic acids is 1. The number of hydrogen-bond acceptors (Lipinski definition) is 3. The molecule has 0 saturated carbocycles. The molecule has 0 radical (unpaired) electrons. The Morgan fingerprint density at radius 1 is 1.33 bits per heavy atom. The third kappa shape index (κ3) is 6.04. The van der Waals surface area contributed by atoms with Crippen LogP contribution in [0.15, 0.2) is 0 Å². The summed E-state index contributed by atoms with van der Waals surface area (Å²) in [5, 5.41) is 8.72. The van der Waals surface area contributed by atoms with Gasteiger partial charge in [0.2, 0.25) is 5.91 Å². The summed E-state index contributed by atoms with van der Waals surface area (Å²) in [6, 6.07) is 0.645. The maximum absolute atomic E-state index is 12.5. The quantitative estimate of drug-likeness (QED) is 0.747. The molecule has 1 fully saturated rings. The van der Waals surface area contributed by atoms with Gasteiger partial charge in [0, 0.05) is 25.0 Å². The highest BCUT2D eigenvalue weighted by atomic mass is 16.4. The van der Waals surface area contributed by atoms with Gasteiger partial charge < -0.3 is 10.0 Å². The highest BCUT2D eigenvalue weighted by Gasteiger charge is 2.26. The van der Waals surface area contributed by atoms with E-state index >= 15 is 0 Å². The maximum Gasteiger partial charge on any atom is 0.303 e. The SMILES string of the molecule is CCC1CCCCN1C(=O)CN(CCCC(=O)O)C(C)C. The minimum Gasteiger partial charge on any atom is -0.481 e. The van der Waals surface area contributed by atoms with E-state index in [-0.39, 0.29) is 18.4 Å². The second kappa shape index (κ2) is 9.03. The van der Waals surface area contributed by atoms with Gasteiger partial charge in [0.15, 0.2) is 0 Å². The smallest absolute Gasteiger partial charge is 0.303 e. The number of rotatable bonds is 8. The summed E-state index contributed by atoms with van der Waals surface area (Å²) in [6.07, 6.45) is 5.21. The van der Waals surface area contributed by atoms with Gasteiger partial charge in [-0.2, -0.15) is 0 Å². The summed E-state index contributed by atoms with van der Waals surface area (Å²) in [5.74, 6) is -0.572. The van der Waals surface area contributed by atoms with Crippen LogP contribution >= 0.6 is 0 Å². The van der Waals surface area contributed by atoms with Gasteiger partial charge in [-0.15, -0.1) is 0 Å². The summed E-state index contributed by atoms with van der Waals surface area (Å²) in [5.41, 5.74) is 0. The fourth-order valence-corrected chi connectivity index (χ4v) is 2.97. The first-order chi connectivity index (χ1) is 9.95. The van der Waals surface area contributed by atoms with E-state index in [9.17, 15) is 9.59 Å². The number of hydrogen-bond donors (Lipinski definition) is 1. The van der Waals surface area contributed by atoms with Gasteiger partial charge in [0.25, 0.3) is 0 Å². The molecule has 1 aliphatic heterocycles. The monoisotopic (exact) mass is 298 g/mol. The molecule has 5 heteroatoms. The molecule has 1 unspecified atom stereocenters. The molecule has 1 heterocycles. The number of nitrogens with zero attached hydrogens (tertiary/aromatic N) is 2. The van der Waals surface area contributed by atoms with Crippen molar-refractivity contribution in [2.75, 3.05) is 19.6 Å². The zero-order valence-electron chi connectivity index (χ0n) is 13.7. The van der Waals surface area contributed by atoms with E-state index in [2.05, 4.69) is 25.7 Å². The molecule has 1 rings (SSSR count). The van der Waals surface area contributed by atoms with E-state index in [1.165, 1.54) is 6.42 Å². The van der Waals surface area contributed by atoms with E-state index in [0.29, 0.717) is 25.6 Å². The molecule has 21 heavy (non-hydrogen) atoms. The van der Waals surface area contributed by atoms with Crippen LogP contribution in [0.5, 0.6) is 0 Å². The molecular formula is C16H30N2O3. The lowest BCUT2D eigenvalue weighted by atomic mass is 10.00. The molecule has 1 aliphatic rings. The Morgan fingerprint density at radius 2 is 2.05 bits per heavy atom. The summed E-state index contributed by atoms with van der Waals surface area (Å²) in [6.45, 7) is 8.21. The van der Waals surface area contributed by atoms with Gasteiger partial charge in [-0.25, -0.2) is 0 Å². The summed E-state index contributed by atoms with van der Waals surface area (Å²) in [4.78, 5) is 27.3. The minimum absolute atomic E-state index is 0.165. The van der Waals surface area contributed by atoms with Gasteiger partial charge in [0.05, 0.1) is 6.54 Å². The number of likely N-dealkylation sites (tertiary alicyclic amines) is 1. The van der Waals surface area contributed by atoms with Crippen molar-refractivity contribution in [1.29, 1.82) is 0 Å². The summed E-state index contributed by atoms with van der Waals surface area (Å²) in [7, 11) is 0. The largest absolute Gasteiger partial charge is 0.481 e. The molecule has 0 aliphatic carbocycles. The van der Waals surface area contributed by atoms with E-state index < -0.39 is 5.97 Å². The predicted molar refractivity (Wildman–Crippen MR) is 83.2 cm³/mol. The molecule has 0 aromatic rings. The van der Waals surface area contributed by atoms with E-state index in [1.807, 2.05) is 4.90 Å². The predicted octanol–water partition coefficient (Wildman–Crippen LogP) is 2.35.